The summed E-state index contributed by atoms with van der Waals surface area (Å²) in [6.07, 6.45) is 3.15. The summed E-state index contributed by atoms with van der Waals surface area (Å²) in [5, 5.41) is 5.43. The zero-order chi connectivity index (χ0) is 8.55. The van der Waals surface area contributed by atoms with Crippen molar-refractivity contribution in [1.82, 2.24) is 9.97 Å². The molecule has 6 nitrogen and oxygen atoms in total. The van der Waals surface area contributed by atoms with Crippen molar-refractivity contribution in [3.63, 3.8) is 0 Å². The number of aromatic amines is 2. The topological polar surface area (TPSA) is 89.8 Å². The van der Waals surface area contributed by atoms with Gasteiger partial charge in [-0.05, 0) is 0 Å². The van der Waals surface area contributed by atoms with Crippen molar-refractivity contribution in [2.75, 3.05) is 10.6 Å². The molecule has 4 N–H and O–H groups in total. The van der Waals surface area contributed by atoms with Crippen molar-refractivity contribution < 1.29 is 0 Å². The molecule has 1 aliphatic rings. The molecule has 2 heterocycles. The second-order valence-corrected chi connectivity index (χ2v) is 2.28. The maximum Gasteiger partial charge on any atom is 0.327 e. The highest BCUT2D eigenvalue weighted by Crippen LogP contribution is 2.13. The van der Waals surface area contributed by atoms with E-state index in [1.54, 1.807) is 12.4 Å². The molecule has 1 aromatic heterocycles. The Labute approximate surface area is 66.3 Å². The zero-order valence-electron chi connectivity index (χ0n) is 5.97. The minimum atomic E-state index is -0.525. The molecule has 1 aliphatic heterocycles. The van der Waals surface area contributed by atoms with Crippen molar-refractivity contribution in [3.8, 4) is 0 Å². The number of hydrogen-bond donors (Lipinski definition) is 4. The van der Waals surface area contributed by atoms with Gasteiger partial charge in [0.1, 0.15) is 11.5 Å². The van der Waals surface area contributed by atoms with E-state index < -0.39 is 11.2 Å². The highest BCUT2D eigenvalue weighted by Gasteiger charge is 2.08. The third-order valence-electron chi connectivity index (χ3n) is 1.48. The van der Waals surface area contributed by atoms with E-state index in [1.165, 1.54) is 0 Å². The Bertz CT molecular complexity index is 442. The van der Waals surface area contributed by atoms with Crippen molar-refractivity contribution in [3.05, 3.63) is 33.2 Å². The fourth-order valence-corrected chi connectivity index (χ4v) is 0.982. The second kappa shape index (κ2) is 2.26. The Hall–Kier alpha value is -1.98. The lowest BCUT2D eigenvalue weighted by Gasteiger charge is -2.10. The SMILES string of the molecule is O=c1[nH]c2c(c(=O)[nH]1)NC=CN2. The van der Waals surface area contributed by atoms with E-state index in [0.717, 1.165) is 0 Å². The van der Waals surface area contributed by atoms with Crippen LogP contribution in [-0.2, 0) is 0 Å². The molecule has 0 aliphatic carbocycles. The van der Waals surface area contributed by atoms with Crippen LogP contribution in [0.15, 0.2) is 22.0 Å². The highest BCUT2D eigenvalue weighted by atomic mass is 16.2. The molecule has 0 spiro atoms. The molecule has 0 saturated heterocycles. The van der Waals surface area contributed by atoms with Crippen molar-refractivity contribution in [2.45, 2.75) is 0 Å². The number of hydrogen-bond acceptors (Lipinski definition) is 4. The quantitative estimate of drug-likeness (QED) is 0.413. The van der Waals surface area contributed by atoms with Crippen LogP contribution in [-0.4, -0.2) is 9.97 Å². The van der Waals surface area contributed by atoms with E-state index in [0.29, 0.717) is 11.5 Å². The third kappa shape index (κ3) is 0.895. The number of H-pyrrole nitrogens is 2. The van der Waals surface area contributed by atoms with Crippen LogP contribution in [0.4, 0.5) is 11.5 Å². The largest absolute Gasteiger partial charge is 0.353 e. The average Bonchev–Trinajstić information content (AvgIpc) is 2.04. The Morgan fingerprint density at radius 3 is 2.58 bits per heavy atom. The first-order valence-corrected chi connectivity index (χ1v) is 3.32. The summed E-state index contributed by atoms with van der Waals surface area (Å²) in [7, 11) is 0. The number of nitrogens with one attached hydrogen (secondary N) is 4. The fraction of sp³-hybridized carbons (Fsp3) is 0. The van der Waals surface area contributed by atoms with E-state index in [9.17, 15) is 9.59 Å². The second-order valence-electron chi connectivity index (χ2n) is 2.28. The van der Waals surface area contributed by atoms with Crippen molar-refractivity contribution >= 4 is 11.5 Å². The molecular formula is C6H6N4O2. The molecule has 6 heteroatoms. The normalized spacial score (nSPS) is 13.0. The molecule has 0 atom stereocenters. The average molecular weight is 166 g/mol. The van der Waals surface area contributed by atoms with E-state index in [2.05, 4.69) is 20.6 Å². The summed E-state index contributed by atoms with van der Waals surface area (Å²) in [6, 6.07) is 0. The smallest absolute Gasteiger partial charge is 0.327 e. The first-order valence-electron chi connectivity index (χ1n) is 3.32. The zero-order valence-corrected chi connectivity index (χ0v) is 5.97. The molecule has 0 amide bonds. The van der Waals surface area contributed by atoms with Gasteiger partial charge in [-0.3, -0.25) is 14.8 Å². The molecule has 62 valence electrons. The maximum atomic E-state index is 11.1. The Morgan fingerprint density at radius 1 is 1.00 bits per heavy atom. The van der Waals surface area contributed by atoms with Gasteiger partial charge in [-0.1, -0.05) is 0 Å². The first-order chi connectivity index (χ1) is 5.77. The molecule has 0 radical (unpaired) electrons. The number of rotatable bonds is 0. The molecule has 0 fully saturated rings. The predicted octanol–water partition coefficient (Wildman–Crippen LogP) is -0.628. The van der Waals surface area contributed by atoms with Gasteiger partial charge < -0.3 is 10.6 Å². The molecule has 12 heavy (non-hydrogen) atoms. The minimum absolute atomic E-state index is 0.317. The van der Waals surface area contributed by atoms with Crippen LogP contribution >= 0.6 is 0 Å². The van der Waals surface area contributed by atoms with Crippen LogP contribution in [0.3, 0.4) is 0 Å². The monoisotopic (exact) mass is 166 g/mol. The van der Waals surface area contributed by atoms with Gasteiger partial charge in [0.05, 0.1) is 0 Å². The van der Waals surface area contributed by atoms with E-state index in [-0.39, 0.29) is 0 Å². The predicted molar refractivity (Wildman–Crippen MR) is 44.1 cm³/mol. The van der Waals surface area contributed by atoms with Gasteiger partial charge in [-0.15, -0.1) is 0 Å². The number of aromatic nitrogens is 2. The van der Waals surface area contributed by atoms with Gasteiger partial charge >= 0.3 is 5.69 Å². The van der Waals surface area contributed by atoms with E-state index in [1.807, 2.05) is 0 Å². The minimum Gasteiger partial charge on any atom is -0.353 e. The van der Waals surface area contributed by atoms with Crippen LogP contribution in [0.2, 0.25) is 0 Å². The molecule has 1 aromatic rings. The lowest BCUT2D eigenvalue weighted by Crippen LogP contribution is -2.27. The van der Waals surface area contributed by atoms with Crippen molar-refractivity contribution in [1.29, 1.82) is 0 Å². The Morgan fingerprint density at radius 2 is 1.75 bits per heavy atom. The van der Waals surface area contributed by atoms with Gasteiger partial charge in [-0.25, -0.2) is 4.79 Å². The summed E-state index contributed by atoms with van der Waals surface area (Å²) in [4.78, 5) is 26.4. The van der Waals surface area contributed by atoms with Crippen molar-refractivity contribution in [2.24, 2.45) is 0 Å². The van der Waals surface area contributed by atoms with Crippen LogP contribution in [0.1, 0.15) is 0 Å². The van der Waals surface area contributed by atoms with Gasteiger partial charge in [0.15, 0.2) is 0 Å². The van der Waals surface area contributed by atoms with Crippen LogP contribution in [0.5, 0.6) is 0 Å². The molecule has 2 rings (SSSR count). The summed E-state index contributed by atoms with van der Waals surface area (Å²) >= 11 is 0. The standard InChI is InChI=1S/C6H6N4O2/c11-5-3-4(8-2-1-7-3)9-6(12)10-5/h1-2,7H,(H3,8,9,10,11,12). The molecule has 0 bridgehead atoms. The van der Waals surface area contributed by atoms with E-state index in [4.69, 9.17) is 0 Å². The third-order valence-corrected chi connectivity index (χ3v) is 1.48. The molecule has 0 unspecified atom stereocenters. The Kier molecular flexibility index (Phi) is 1.26. The molecule has 0 saturated carbocycles. The summed E-state index contributed by atoms with van der Waals surface area (Å²) in [5.41, 5.74) is -0.647. The summed E-state index contributed by atoms with van der Waals surface area (Å²) in [5.74, 6) is 0.381. The van der Waals surface area contributed by atoms with Gasteiger partial charge in [0.25, 0.3) is 5.56 Å². The maximum absolute atomic E-state index is 11.1. The number of fused-ring (bicyclic) bond motifs is 1. The van der Waals surface area contributed by atoms with Gasteiger partial charge in [0, 0.05) is 12.4 Å². The summed E-state index contributed by atoms with van der Waals surface area (Å²) < 4.78 is 0. The van der Waals surface area contributed by atoms with Crippen LogP contribution in [0, 0.1) is 0 Å². The first kappa shape index (κ1) is 6.71. The van der Waals surface area contributed by atoms with Crippen LogP contribution in [0.25, 0.3) is 0 Å². The fourth-order valence-electron chi connectivity index (χ4n) is 0.982. The molecular weight excluding hydrogens is 160 g/mol. The van der Waals surface area contributed by atoms with Gasteiger partial charge in [-0.2, -0.15) is 0 Å². The highest BCUT2D eigenvalue weighted by molar-refractivity contribution is 5.67. The Balaban J connectivity index is 2.73. The lowest BCUT2D eigenvalue weighted by molar-refractivity contribution is 1.04. The lowest BCUT2D eigenvalue weighted by atomic mass is 10.4. The summed E-state index contributed by atoms with van der Waals surface area (Å²) in [6.45, 7) is 0. The molecule has 0 aromatic carbocycles. The van der Waals surface area contributed by atoms with E-state index >= 15 is 0 Å². The van der Waals surface area contributed by atoms with Crippen LogP contribution < -0.4 is 21.9 Å². The number of anilines is 2. The van der Waals surface area contributed by atoms with Gasteiger partial charge in [0.2, 0.25) is 0 Å².